The summed E-state index contributed by atoms with van der Waals surface area (Å²) in [5, 5.41) is 11.3. The molecule has 5 heteroatoms. The van der Waals surface area contributed by atoms with Crippen LogP contribution in [0.5, 0.6) is 5.75 Å². The second kappa shape index (κ2) is 8.70. The van der Waals surface area contributed by atoms with Crippen LogP contribution in [0.1, 0.15) is 25.7 Å². The number of thioether (sulfide) groups is 1. The van der Waals surface area contributed by atoms with Crippen LogP contribution in [0, 0.1) is 23.2 Å². The summed E-state index contributed by atoms with van der Waals surface area (Å²) < 4.78 is 5.16. The molecule has 0 aromatic heterocycles. The molecule has 1 amide bonds. The normalized spacial score (nSPS) is 20.9. The lowest BCUT2D eigenvalue weighted by atomic mass is 9.80. The third-order valence-electron chi connectivity index (χ3n) is 4.11. The van der Waals surface area contributed by atoms with Crippen molar-refractivity contribution >= 4 is 17.7 Å². The van der Waals surface area contributed by atoms with E-state index in [1.807, 2.05) is 18.2 Å². The van der Waals surface area contributed by atoms with E-state index in [-0.39, 0.29) is 18.4 Å². The minimum absolute atomic E-state index is 0.0431. The molecule has 0 heterocycles. The predicted octanol–water partition coefficient (Wildman–Crippen LogP) is 3.23. The van der Waals surface area contributed by atoms with E-state index < -0.39 is 0 Å². The Kier molecular flexibility index (Phi) is 6.60. The van der Waals surface area contributed by atoms with Gasteiger partial charge in [-0.2, -0.15) is 5.26 Å². The molecule has 0 radical (unpaired) electrons. The Labute approximate surface area is 136 Å². The molecule has 4 nitrogen and oxygen atoms in total. The number of rotatable bonds is 6. The van der Waals surface area contributed by atoms with Gasteiger partial charge in [0.05, 0.1) is 13.2 Å². The molecule has 0 bridgehead atoms. The first-order valence-corrected chi connectivity index (χ1v) is 8.64. The molecular formula is C17H22N2O2S. The average Bonchev–Trinajstić information content (AvgIpc) is 2.58. The Morgan fingerprint density at radius 2 is 2.09 bits per heavy atom. The summed E-state index contributed by atoms with van der Waals surface area (Å²) in [5.41, 5.74) is 0. The molecule has 1 N–H and O–H groups in total. The predicted molar refractivity (Wildman–Crippen MR) is 87.8 cm³/mol. The van der Waals surface area contributed by atoms with E-state index >= 15 is 0 Å². The standard InChI is InChI=1S/C17H22N2O2S/c1-21-14-6-8-15(9-7-14)22-12-13-4-2-3-5-16(13)17(20)19-11-10-18/h6-9,13,16H,2-5,11-12H2,1H3,(H,19,20). The van der Waals surface area contributed by atoms with Crippen LogP contribution in [0.25, 0.3) is 0 Å². The molecule has 1 fully saturated rings. The van der Waals surface area contributed by atoms with Crippen LogP contribution in [0.2, 0.25) is 0 Å². The van der Waals surface area contributed by atoms with Gasteiger partial charge >= 0.3 is 0 Å². The molecule has 1 aliphatic carbocycles. The molecule has 22 heavy (non-hydrogen) atoms. The van der Waals surface area contributed by atoms with Crippen molar-refractivity contribution in [2.75, 3.05) is 19.4 Å². The maximum atomic E-state index is 12.2. The SMILES string of the molecule is COc1ccc(SCC2CCCCC2C(=O)NCC#N)cc1. The Bertz CT molecular complexity index is 524. The quantitative estimate of drug-likeness (QED) is 0.646. The third-order valence-corrected chi connectivity index (χ3v) is 5.31. The molecule has 0 aliphatic heterocycles. The topological polar surface area (TPSA) is 62.1 Å². The minimum atomic E-state index is 0.0431. The van der Waals surface area contributed by atoms with Crippen LogP contribution in [0.4, 0.5) is 0 Å². The summed E-state index contributed by atoms with van der Waals surface area (Å²) in [4.78, 5) is 13.4. The zero-order chi connectivity index (χ0) is 15.8. The van der Waals surface area contributed by atoms with Crippen molar-refractivity contribution in [3.8, 4) is 11.8 Å². The fourth-order valence-corrected chi connectivity index (χ4v) is 4.02. The lowest BCUT2D eigenvalue weighted by Gasteiger charge is -2.30. The smallest absolute Gasteiger partial charge is 0.224 e. The van der Waals surface area contributed by atoms with Gasteiger partial charge in [-0.25, -0.2) is 0 Å². The molecule has 1 aliphatic rings. The van der Waals surface area contributed by atoms with Gasteiger partial charge in [0.2, 0.25) is 5.91 Å². The number of hydrogen-bond acceptors (Lipinski definition) is 4. The molecule has 2 rings (SSSR count). The Morgan fingerprint density at radius 3 is 2.77 bits per heavy atom. The zero-order valence-corrected chi connectivity index (χ0v) is 13.7. The summed E-state index contributed by atoms with van der Waals surface area (Å²) >= 11 is 1.79. The number of methoxy groups -OCH3 is 1. The molecule has 118 valence electrons. The monoisotopic (exact) mass is 318 g/mol. The number of ether oxygens (including phenoxy) is 1. The molecule has 0 spiro atoms. The van der Waals surface area contributed by atoms with Crippen LogP contribution in [-0.4, -0.2) is 25.3 Å². The number of carbonyl (C=O) groups is 1. The summed E-state index contributed by atoms with van der Waals surface area (Å²) in [6.45, 7) is 0.105. The summed E-state index contributed by atoms with van der Waals surface area (Å²) in [5.74, 6) is 2.28. The van der Waals surface area contributed by atoms with Gasteiger partial charge in [0, 0.05) is 16.6 Å². The number of benzene rings is 1. The lowest BCUT2D eigenvalue weighted by Crippen LogP contribution is -2.37. The number of nitrogens with zero attached hydrogens (tertiary/aromatic N) is 1. The Balaban J connectivity index is 1.90. The Hall–Kier alpha value is -1.67. The van der Waals surface area contributed by atoms with E-state index in [0.29, 0.717) is 5.92 Å². The maximum Gasteiger partial charge on any atom is 0.224 e. The highest BCUT2D eigenvalue weighted by atomic mass is 32.2. The van der Waals surface area contributed by atoms with Crippen LogP contribution in [-0.2, 0) is 4.79 Å². The molecule has 1 aromatic carbocycles. The van der Waals surface area contributed by atoms with E-state index in [1.54, 1.807) is 18.9 Å². The fraction of sp³-hybridized carbons (Fsp3) is 0.529. The molecule has 1 aromatic rings. The Morgan fingerprint density at radius 1 is 1.36 bits per heavy atom. The van der Waals surface area contributed by atoms with Crippen molar-refractivity contribution < 1.29 is 9.53 Å². The van der Waals surface area contributed by atoms with Gasteiger partial charge in [0.15, 0.2) is 0 Å². The first-order chi connectivity index (χ1) is 10.7. The largest absolute Gasteiger partial charge is 0.497 e. The van der Waals surface area contributed by atoms with Gasteiger partial charge in [-0.05, 0) is 43.0 Å². The number of nitriles is 1. The van der Waals surface area contributed by atoms with Crippen molar-refractivity contribution in [3.63, 3.8) is 0 Å². The lowest BCUT2D eigenvalue weighted by molar-refractivity contribution is -0.127. The first kappa shape index (κ1) is 16.7. The maximum absolute atomic E-state index is 12.2. The molecular weight excluding hydrogens is 296 g/mol. The second-order valence-electron chi connectivity index (χ2n) is 5.51. The zero-order valence-electron chi connectivity index (χ0n) is 12.9. The number of nitrogens with one attached hydrogen (secondary N) is 1. The molecule has 2 unspecified atom stereocenters. The van der Waals surface area contributed by atoms with E-state index in [1.165, 1.54) is 11.3 Å². The van der Waals surface area contributed by atoms with Gasteiger partial charge in [-0.3, -0.25) is 4.79 Å². The van der Waals surface area contributed by atoms with Crippen molar-refractivity contribution in [2.45, 2.75) is 30.6 Å². The van der Waals surface area contributed by atoms with Crippen LogP contribution in [0.3, 0.4) is 0 Å². The van der Waals surface area contributed by atoms with Crippen LogP contribution >= 0.6 is 11.8 Å². The summed E-state index contributed by atoms with van der Waals surface area (Å²) in [7, 11) is 1.66. The minimum Gasteiger partial charge on any atom is -0.497 e. The number of hydrogen-bond donors (Lipinski definition) is 1. The molecule has 2 atom stereocenters. The van der Waals surface area contributed by atoms with Gasteiger partial charge < -0.3 is 10.1 Å². The van der Waals surface area contributed by atoms with Crippen LogP contribution < -0.4 is 10.1 Å². The molecule has 0 saturated heterocycles. The van der Waals surface area contributed by atoms with Gasteiger partial charge in [-0.15, -0.1) is 11.8 Å². The highest BCUT2D eigenvalue weighted by Crippen LogP contribution is 2.35. The highest BCUT2D eigenvalue weighted by molar-refractivity contribution is 7.99. The van der Waals surface area contributed by atoms with Crippen LogP contribution in [0.15, 0.2) is 29.2 Å². The number of carbonyl (C=O) groups excluding carboxylic acids is 1. The fourth-order valence-electron chi connectivity index (χ4n) is 2.89. The van der Waals surface area contributed by atoms with Gasteiger partial charge in [0.1, 0.15) is 12.3 Å². The van der Waals surface area contributed by atoms with E-state index in [4.69, 9.17) is 10.00 Å². The van der Waals surface area contributed by atoms with Crippen molar-refractivity contribution in [1.29, 1.82) is 5.26 Å². The van der Waals surface area contributed by atoms with Gasteiger partial charge in [-0.1, -0.05) is 12.8 Å². The summed E-state index contributed by atoms with van der Waals surface area (Å²) in [6, 6.07) is 9.99. The van der Waals surface area contributed by atoms with Gasteiger partial charge in [0.25, 0.3) is 0 Å². The average molecular weight is 318 g/mol. The number of amides is 1. The van der Waals surface area contributed by atoms with E-state index in [0.717, 1.165) is 30.8 Å². The van der Waals surface area contributed by atoms with Crippen molar-refractivity contribution in [1.82, 2.24) is 5.32 Å². The second-order valence-corrected chi connectivity index (χ2v) is 6.61. The van der Waals surface area contributed by atoms with Crippen molar-refractivity contribution in [2.24, 2.45) is 11.8 Å². The summed E-state index contributed by atoms with van der Waals surface area (Å²) in [6.07, 6.45) is 4.32. The van der Waals surface area contributed by atoms with E-state index in [9.17, 15) is 4.79 Å². The van der Waals surface area contributed by atoms with Crippen molar-refractivity contribution in [3.05, 3.63) is 24.3 Å². The van der Waals surface area contributed by atoms with E-state index in [2.05, 4.69) is 17.4 Å². The third kappa shape index (κ3) is 4.67. The highest BCUT2D eigenvalue weighted by Gasteiger charge is 2.30. The molecule has 1 saturated carbocycles. The first-order valence-electron chi connectivity index (χ1n) is 7.66.